The molecule has 0 spiro atoms. The Kier molecular flexibility index (Phi) is 7.33. The predicted molar refractivity (Wildman–Crippen MR) is 138 cm³/mol. The van der Waals surface area contributed by atoms with Gasteiger partial charge in [0.05, 0.1) is 30.9 Å². The highest BCUT2D eigenvalue weighted by Gasteiger charge is 2.31. The summed E-state index contributed by atoms with van der Waals surface area (Å²) >= 11 is 0. The van der Waals surface area contributed by atoms with E-state index in [9.17, 15) is 4.79 Å². The predicted octanol–water partition coefficient (Wildman–Crippen LogP) is 3.75. The van der Waals surface area contributed by atoms with Crippen molar-refractivity contribution in [1.82, 2.24) is 20.2 Å². The molecule has 188 valence electrons. The van der Waals surface area contributed by atoms with Crippen molar-refractivity contribution < 1.29 is 18.7 Å². The molecule has 3 aromatic rings. The van der Waals surface area contributed by atoms with Gasteiger partial charge in [0, 0.05) is 75.0 Å². The normalized spacial score (nSPS) is 15.8. The first-order valence-electron chi connectivity index (χ1n) is 11.5. The molecule has 1 atom stereocenters. The number of ether oxygens (including phenoxy) is 2. The molecular weight excluding hydrogens is 463 g/mol. The molecule has 36 heavy (non-hydrogen) atoms. The molecule has 1 fully saturated rings. The number of hydrogen-bond acceptors (Lipinski definition) is 8. The van der Waals surface area contributed by atoms with Gasteiger partial charge in [0.1, 0.15) is 11.6 Å². The maximum absolute atomic E-state index is 15.6. The molecule has 0 saturated carbocycles. The number of fused-ring (bicyclic) bond motifs is 1. The molecule has 0 aliphatic carbocycles. The van der Waals surface area contributed by atoms with Gasteiger partial charge in [0.2, 0.25) is 5.91 Å². The lowest BCUT2D eigenvalue weighted by Crippen LogP contribution is -2.38. The van der Waals surface area contributed by atoms with Gasteiger partial charge in [-0.3, -0.25) is 9.78 Å². The van der Waals surface area contributed by atoms with E-state index in [0.717, 1.165) is 5.56 Å². The van der Waals surface area contributed by atoms with Crippen LogP contribution in [0.5, 0.6) is 11.5 Å². The zero-order valence-electron chi connectivity index (χ0n) is 20.7. The van der Waals surface area contributed by atoms with Crippen molar-refractivity contribution in [3.8, 4) is 11.5 Å². The summed E-state index contributed by atoms with van der Waals surface area (Å²) in [6.07, 6.45) is 5.73. The standard InChI is InChI=1S/C26H29FN6O3/c1-29-13-17(12-28)16-9-21-20(30-14-16)6-7-24(31-21)33(15-18-5-8-25(34)32(18)2)22-10-19(35-3)11-23(36-4)26(22)27/h6-7,9-14,18,28-29H,5,8,15H2,1-4H3/b17-13+,28-12?. The van der Waals surface area contributed by atoms with Crippen LogP contribution in [-0.2, 0) is 4.79 Å². The number of methoxy groups -OCH3 is 2. The Balaban J connectivity index is 1.86. The van der Waals surface area contributed by atoms with Gasteiger partial charge in [0.15, 0.2) is 11.6 Å². The third-order valence-electron chi connectivity index (χ3n) is 6.35. The van der Waals surface area contributed by atoms with Gasteiger partial charge in [-0.15, -0.1) is 0 Å². The van der Waals surface area contributed by atoms with Crippen LogP contribution in [0.1, 0.15) is 18.4 Å². The molecule has 1 aromatic carbocycles. The third kappa shape index (κ3) is 4.79. The number of rotatable bonds is 9. The number of nitrogens with zero attached hydrogens (tertiary/aromatic N) is 4. The van der Waals surface area contributed by atoms with Crippen LogP contribution in [0, 0.1) is 11.2 Å². The van der Waals surface area contributed by atoms with Crippen LogP contribution in [-0.4, -0.2) is 67.9 Å². The second kappa shape index (κ2) is 10.6. The molecule has 3 heterocycles. The molecule has 1 unspecified atom stereocenters. The number of amides is 1. The van der Waals surface area contributed by atoms with E-state index in [2.05, 4.69) is 10.3 Å². The fourth-order valence-electron chi connectivity index (χ4n) is 4.29. The Hall–Kier alpha value is -4.21. The molecule has 2 N–H and O–H groups in total. The van der Waals surface area contributed by atoms with E-state index in [1.165, 1.54) is 26.5 Å². The number of carbonyl (C=O) groups is 1. The fourth-order valence-corrected chi connectivity index (χ4v) is 4.29. The van der Waals surface area contributed by atoms with E-state index in [1.807, 2.05) is 12.1 Å². The van der Waals surface area contributed by atoms with Crippen LogP contribution >= 0.6 is 0 Å². The molecule has 1 aliphatic heterocycles. The summed E-state index contributed by atoms with van der Waals surface area (Å²) in [7, 11) is 6.42. The van der Waals surface area contributed by atoms with Crippen LogP contribution in [0.15, 0.2) is 42.7 Å². The number of aromatic nitrogens is 2. The number of anilines is 2. The molecule has 0 bridgehead atoms. The minimum Gasteiger partial charge on any atom is -0.497 e. The number of hydrogen-bond donors (Lipinski definition) is 2. The number of carbonyl (C=O) groups excluding carboxylic acids is 1. The van der Waals surface area contributed by atoms with Crippen molar-refractivity contribution in [1.29, 1.82) is 5.41 Å². The minimum absolute atomic E-state index is 0.0442. The number of pyridine rings is 2. The molecule has 1 aliphatic rings. The second-order valence-corrected chi connectivity index (χ2v) is 8.43. The van der Waals surface area contributed by atoms with Gasteiger partial charge in [-0.05, 0) is 24.6 Å². The number of nitrogens with one attached hydrogen (secondary N) is 2. The fraction of sp³-hybridized carbons (Fsp3) is 0.308. The van der Waals surface area contributed by atoms with E-state index < -0.39 is 5.82 Å². The van der Waals surface area contributed by atoms with Crippen LogP contribution in [0.25, 0.3) is 16.6 Å². The third-order valence-corrected chi connectivity index (χ3v) is 6.35. The molecule has 4 rings (SSSR count). The lowest BCUT2D eigenvalue weighted by Gasteiger charge is -2.31. The summed E-state index contributed by atoms with van der Waals surface area (Å²) in [6.45, 7) is 0.326. The highest BCUT2D eigenvalue weighted by molar-refractivity contribution is 6.08. The average Bonchev–Trinajstić information content (AvgIpc) is 3.22. The summed E-state index contributed by atoms with van der Waals surface area (Å²) in [4.78, 5) is 24.9. The minimum atomic E-state index is -0.554. The van der Waals surface area contributed by atoms with Crippen LogP contribution in [0.2, 0.25) is 0 Å². The summed E-state index contributed by atoms with van der Waals surface area (Å²) in [5.41, 5.74) is 2.84. The number of halogens is 1. The lowest BCUT2D eigenvalue weighted by molar-refractivity contribution is -0.127. The molecule has 10 heteroatoms. The maximum Gasteiger partial charge on any atom is 0.222 e. The summed E-state index contributed by atoms with van der Waals surface area (Å²) in [6, 6.07) is 8.39. The smallest absolute Gasteiger partial charge is 0.222 e. The zero-order chi connectivity index (χ0) is 25.8. The second-order valence-electron chi connectivity index (χ2n) is 8.43. The first-order valence-corrected chi connectivity index (χ1v) is 11.5. The monoisotopic (exact) mass is 492 g/mol. The van der Waals surface area contributed by atoms with Crippen molar-refractivity contribution >= 4 is 40.2 Å². The topological polar surface area (TPSA) is 104 Å². The number of benzene rings is 1. The molecule has 9 nitrogen and oxygen atoms in total. The molecule has 2 aromatic heterocycles. The Labute approximate surface area is 209 Å². The van der Waals surface area contributed by atoms with Crippen LogP contribution in [0.3, 0.4) is 0 Å². The number of likely N-dealkylation sites (N-methyl/N-ethyl adjacent to an activating group) is 1. The van der Waals surface area contributed by atoms with Gasteiger partial charge in [0.25, 0.3) is 0 Å². The maximum atomic E-state index is 15.6. The summed E-state index contributed by atoms with van der Waals surface area (Å²) in [5, 5.41) is 10.6. The Bertz CT molecular complexity index is 1330. The average molecular weight is 493 g/mol. The quantitative estimate of drug-likeness (QED) is 0.439. The Morgan fingerprint density at radius 3 is 2.72 bits per heavy atom. The molecule has 1 saturated heterocycles. The summed E-state index contributed by atoms with van der Waals surface area (Å²) in [5.74, 6) is 0.461. The first kappa shape index (κ1) is 24.9. The lowest BCUT2D eigenvalue weighted by atomic mass is 10.1. The highest BCUT2D eigenvalue weighted by Crippen LogP contribution is 2.37. The van der Waals surface area contributed by atoms with Crippen molar-refractivity contribution in [2.24, 2.45) is 0 Å². The van der Waals surface area contributed by atoms with E-state index >= 15 is 4.39 Å². The van der Waals surface area contributed by atoms with Crippen LogP contribution < -0.4 is 19.7 Å². The summed E-state index contributed by atoms with van der Waals surface area (Å²) < 4.78 is 26.3. The van der Waals surface area contributed by atoms with E-state index in [-0.39, 0.29) is 23.4 Å². The van der Waals surface area contributed by atoms with Gasteiger partial charge in [-0.2, -0.15) is 0 Å². The van der Waals surface area contributed by atoms with Gasteiger partial charge in [-0.25, -0.2) is 9.37 Å². The SMILES string of the molecule is CN/C=C(\C=N)c1cnc2ccc(N(CC3CCC(=O)N3C)c3cc(OC)cc(OC)c3F)nc2c1. The van der Waals surface area contributed by atoms with Gasteiger partial charge in [-0.1, -0.05) is 0 Å². The zero-order valence-corrected chi connectivity index (χ0v) is 20.7. The Morgan fingerprint density at radius 2 is 2.08 bits per heavy atom. The van der Waals surface area contributed by atoms with Crippen molar-refractivity contribution in [2.75, 3.05) is 39.8 Å². The highest BCUT2D eigenvalue weighted by atomic mass is 19.1. The largest absolute Gasteiger partial charge is 0.497 e. The number of likely N-dealkylation sites (tertiary alicyclic amines) is 1. The van der Waals surface area contributed by atoms with Crippen molar-refractivity contribution in [3.63, 3.8) is 0 Å². The van der Waals surface area contributed by atoms with Gasteiger partial charge >= 0.3 is 0 Å². The van der Waals surface area contributed by atoms with Crippen molar-refractivity contribution in [2.45, 2.75) is 18.9 Å². The van der Waals surface area contributed by atoms with E-state index in [1.54, 1.807) is 48.4 Å². The number of allylic oxidation sites excluding steroid dienone is 1. The molecule has 0 radical (unpaired) electrons. The van der Waals surface area contributed by atoms with E-state index in [0.29, 0.717) is 47.6 Å². The Morgan fingerprint density at radius 1 is 1.28 bits per heavy atom. The van der Waals surface area contributed by atoms with E-state index in [4.69, 9.17) is 19.9 Å². The van der Waals surface area contributed by atoms with Crippen molar-refractivity contribution in [3.05, 3.63) is 54.1 Å². The van der Waals surface area contributed by atoms with Crippen LogP contribution in [0.4, 0.5) is 15.9 Å². The molecule has 1 amide bonds. The molecular formula is C26H29FN6O3. The van der Waals surface area contributed by atoms with Gasteiger partial charge < -0.3 is 30.0 Å². The first-order chi connectivity index (χ1) is 17.4.